The van der Waals surface area contributed by atoms with Crippen LogP contribution in [0.25, 0.3) is 0 Å². The lowest BCUT2D eigenvalue weighted by atomic mass is 10.1. The quantitative estimate of drug-likeness (QED) is 0.684. The summed E-state index contributed by atoms with van der Waals surface area (Å²) in [6.07, 6.45) is 2.51. The zero-order chi connectivity index (χ0) is 19.1. The molecule has 142 valence electrons. The standard InChI is InChI=1S/C21H25N3O2S/c1-2-26-19-8-6-18(7-9-19)24(13-4-11-22)21(25)15-23-12-3-5-20(23)17-10-14-27-16-17/h6-10,14,16,20H,2-5,12-13,15H2,1H3/t20-/m1/s1. The Labute approximate surface area is 164 Å². The second kappa shape index (κ2) is 9.54. The fourth-order valence-corrected chi connectivity index (χ4v) is 4.27. The van der Waals surface area contributed by atoms with Crippen LogP contribution < -0.4 is 9.64 Å². The number of nitriles is 1. The highest BCUT2D eigenvalue weighted by atomic mass is 32.1. The summed E-state index contributed by atoms with van der Waals surface area (Å²) in [6, 6.07) is 12.1. The molecule has 3 rings (SSSR count). The molecule has 5 nitrogen and oxygen atoms in total. The molecule has 1 atom stereocenters. The topological polar surface area (TPSA) is 56.6 Å². The number of likely N-dealkylation sites (tertiary alicyclic amines) is 1. The van der Waals surface area contributed by atoms with Crippen molar-refractivity contribution in [2.75, 3.05) is 31.1 Å². The van der Waals surface area contributed by atoms with Gasteiger partial charge < -0.3 is 9.64 Å². The molecule has 2 heterocycles. The van der Waals surface area contributed by atoms with Gasteiger partial charge in [-0.25, -0.2) is 0 Å². The molecule has 1 saturated heterocycles. The van der Waals surface area contributed by atoms with Gasteiger partial charge in [0, 0.05) is 18.3 Å². The summed E-state index contributed by atoms with van der Waals surface area (Å²) in [7, 11) is 0. The van der Waals surface area contributed by atoms with Crippen LogP contribution in [0.2, 0.25) is 0 Å². The van der Waals surface area contributed by atoms with E-state index < -0.39 is 0 Å². The molecule has 1 aliphatic rings. The van der Waals surface area contributed by atoms with E-state index in [1.54, 1.807) is 16.2 Å². The van der Waals surface area contributed by atoms with Gasteiger partial charge in [-0.15, -0.1) is 0 Å². The molecule has 0 N–H and O–H groups in total. The van der Waals surface area contributed by atoms with Crippen LogP contribution >= 0.6 is 11.3 Å². The first-order valence-electron chi connectivity index (χ1n) is 9.39. The molecule has 1 aromatic carbocycles. The molecule has 0 spiro atoms. The van der Waals surface area contributed by atoms with Crippen LogP contribution in [0.3, 0.4) is 0 Å². The van der Waals surface area contributed by atoms with E-state index in [1.165, 1.54) is 5.56 Å². The molecule has 27 heavy (non-hydrogen) atoms. The van der Waals surface area contributed by atoms with Gasteiger partial charge in [-0.1, -0.05) is 0 Å². The van der Waals surface area contributed by atoms with Gasteiger partial charge in [-0.05, 0) is 73.0 Å². The van der Waals surface area contributed by atoms with Gasteiger partial charge in [0.05, 0.1) is 25.6 Å². The lowest BCUT2D eigenvalue weighted by Gasteiger charge is -2.28. The van der Waals surface area contributed by atoms with E-state index in [9.17, 15) is 4.79 Å². The van der Waals surface area contributed by atoms with Gasteiger partial charge in [0.2, 0.25) is 5.91 Å². The molecule has 0 bridgehead atoms. The normalized spacial score (nSPS) is 16.8. The number of ether oxygens (including phenoxy) is 1. The van der Waals surface area contributed by atoms with Crippen LogP contribution in [-0.2, 0) is 4.79 Å². The highest BCUT2D eigenvalue weighted by Crippen LogP contribution is 2.33. The van der Waals surface area contributed by atoms with Crippen molar-refractivity contribution in [2.45, 2.75) is 32.2 Å². The van der Waals surface area contributed by atoms with Crippen LogP contribution in [0.4, 0.5) is 5.69 Å². The Morgan fingerprint density at radius 3 is 2.85 bits per heavy atom. The second-order valence-electron chi connectivity index (χ2n) is 6.57. The predicted octanol–water partition coefficient (Wildman–Crippen LogP) is 4.23. The molecule has 0 aliphatic carbocycles. The molecule has 1 fully saturated rings. The molecule has 2 aromatic rings. The summed E-state index contributed by atoms with van der Waals surface area (Å²) in [4.78, 5) is 17.1. The molecular formula is C21H25N3O2S. The number of hydrogen-bond acceptors (Lipinski definition) is 5. The van der Waals surface area contributed by atoms with Gasteiger partial charge in [-0.2, -0.15) is 16.6 Å². The molecule has 0 unspecified atom stereocenters. The number of hydrogen-bond donors (Lipinski definition) is 0. The SMILES string of the molecule is CCOc1ccc(N(CCC#N)C(=O)CN2CCC[C@@H]2c2ccsc2)cc1. The van der Waals surface area contributed by atoms with Crippen molar-refractivity contribution < 1.29 is 9.53 Å². The molecule has 0 saturated carbocycles. The van der Waals surface area contributed by atoms with Crippen molar-refractivity contribution in [3.05, 3.63) is 46.7 Å². The molecule has 1 amide bonds. The summed E-state index contributed by atoms with van der Waals surface area (Å²) in [5.74, 6) is 0.822. The summed E-state index contributed by atoms with van der Waals surface area (Å²) in [6.45, 7) is 4.26. The minimum Gasteiger partial charge on any atom is -0.494 e. The summed E-state index contributed by atoms with van der Waals surface area (Å²) >= 11 is 1.70. The van der Waals surface area contributed by atoms with E-state index >= 15 is 0 Å². The van der Waals surface area contributed by atoms with Crippen molar-refractivity contribution in [3.8, 4) is 11.8 Å². The minimum absolute atomic E-state index is 0.0385. The van der Waals surface area contributed by atoms with Gasteiger partial charge >= 0.3 is 0 Å². The molecular weight excluding hydrogens is 358 g/mol. The van der Waals surface area contributed by atoms with Crippen LogP contribution in [0.1, 0.15) is 37.8 Å². The van der Waals surface area contributed by atoms with E-state index in [-0.39, 0.29) is 5.91 Å². The number of carbonyl (C=O) groups is 1. The van der Waals surface area contributed by atoms with E-state index in [1.807, 2.05) is 31.2 Å². The fraction of sp³-hybridized carbons (Fsp3) is 0.429. The molecule has 6 heteroatoms. The number of nitrogens with zero attached hydrogens (tertiary/aromatic N) is 3. The lowest BCUT2D eigenvalue weighted by Crippen LogP contribution is -2.40. The summed E-state index contributed by atoms with van der Waals surface area (Å²) in [5.41, 5.74) is 2.11. The maximum Gasteiger partial charge on any atom is 0.241 e. The Morgan fingerprint density at radius 1 is 1.37 bits per heavy atom. The molecule has 1 aliphatic heterocycles. The maximum absolute atomic E-state index is 13.1. The van der Waals surface area contributed by atoms with Gasteiger partial charge in [-0.3, -0.25) is 9.69 Å². The van der Waals surface area contributed by atoms with E-state index in [0.717, 1.165) is 30.8 Å². The van der Waals surface area contributed by atoms with E-state index in [4.69, 9.17) is 10.00 Å². The van der Waals surface area contributed by atoms with Gasteiger partial charge in [0.15, 0.2) is 0 Å². The average Bonchev–Trinajstić information content (AvgIpc) is 3.35. The highest BCUT2D eigenvalue weighted by Gasteiger charge is 2.29. The number of benzene rings is 1. The number of carbonyl (C=O) groups excluding carboxylic acids is 1. The minimum atomic E-state index is 0.0385. The van der Waals surface area contributed by atoms with Crippen LogP contribution in [0.15, 0.2) is 41.1 Å². The molecule has 0 radical (unpaired) electrons. The van der Waals surface area contributed by atoms with E-state index in [2.05, 4.69) is 27.8 Å². The Balaban J connectivity index is 1.72. The number of amides is 1. The van der Waals surface area contributed by atoms with Crippen molar-refractivity contribution >= 4 is 22.9 Å². The summed E-state index contributed by atoms with van der Waals surface area (Å²) < 4.78 is 5.48. The number of rotatable bonds is 8. The largest absolute Gasteiger partial charge is 0.494 e. The van der Waals surface area contributed by atoms with E-state index in [0.29, 0.717) is 32.2 Å². The average molecular weight is 384 g/mol. The zero-order valence-corrected chi connectivity index (χ0v) is 16.5. The Morgan fingerprint density at radius 2 is 2.19 bits per heavy atom. The third-order valence-corrected chi connectivity index (χ3v) is 5.54. The van der Waals surface area contributed by atoms with Crippen molar-refractivity contribution in [2.24, 2.45) is 0 Å². The van der Waals surface area contributed by atoms with Crippen LogP contribution in [-0.4, -0.2) is 37.0 Å². The number of thiophene rings is 1. The van der Waals surface area contributed by atoms with Gasteiger partial charge in [0.25, 0.3) is 0 Å². The monoisotopic (exact) mass is 383 g/mol. The van der Waals surface area contributed by atoms with Crippen molar-refractivity contribution in [3.63, 3.8) is 0 Å². The van der Waals surface area contributed by atoms with Crippen molar-refractivity contribution in [1.29, 1.82) is 5.26 Å². The summed E-state index contributed by atoms with van der Waals surface area (Å²) in [5, 5.41) is 13.3. The second-order valence-corrected chi connectivity index (χ2v) is 7.35. The smallest absolute Gasteiger partial charge is 0.241 e. The Bertz CT molecular complexity index is 768. The van der Waals surface area contributed by atoms with Gasteiger partial charge in [0.1, 0.15) is 5.75 Å². The third-order valence-electron chi connectivity index (χ3n) is 4.84. The Hall–Kier alpha value is -2.36. The third kappa shape index (κ3) is 4.88. The Kier molecular flexibility index (Phi) is 6.86. The zero-order valence-electron chi connectivity index (χ0n) is 15.6. The lowest BCUT2D eigenvalue weighted by molar-refractivity contribution is -0.120. The first-order chi connectivity index (χ1) is 13.2. The fourth-order valence-electron chi connectivity index (χ4n) is 3.57. The highest BCUT2D eigenvalue weighted by molar-refractivity contribution is 7.07. The van der Waals surface area contributed by atoms with Crippen LogP contribution in [0, 0.1) is 11.3 Å². The first-order valence-corrected chi connectivity index (χ1v) is 10.3. The predicted molar refractivity (Wildman–Crippen MR) is 108 cm³/mol. The molecule has 1 aromatic heterocycles. The first kappa shape index (κ1) is 19.4. The number of anilines is 1. The maximum atomic E-state index is 13.1. The van der Waals surface area contributed by atoms with Crippen molar-refractivity contribution in [1.82, 2.24) is 4.90 Å². The van der Waals surface area contributed by atoms with Crippen LogP contribution in [0.5, 0.6) is 5.75 Å².